The minimum atomic E-state index is -0.229. The number of rotatable bonds is 10. The lowest BCUT2D eigenvalue weighted by Gasteiger charge is -2.13. The maximum Gasteiger partial charge on any atom is 0.261 e. The SMILES string of the molecule is CCC(CC)c1nnc(NC(=O)CCCCCN2C(=O)c3ccccc3C2=O)s1. The van der Waals surface area contributed by atoms with Crippen molar-refractivity contribution < 1.29 is 14.4 Å². The standard InChI is InChI=1S/C21H26N4O3S/c1-3-14(4-2)18-23-24-21(29-18)22-17(26)12-6-5-9-13-25-19(27)15-10-7-8-11-16(15)20(25)28/h7-8,10-11,14H,3-6,9,12-13H2,1-2H3,(H,22,24,26). The number of fused-ring (bicyclic) bond motifs is 1. The average Bonchev–Trinajstić information content (AvgIpc) is 3.27. The van der Waals surface area contributed by atoms with Crippen LogP contribution in [-0.2, 0) is 4.79 Å². The molecule has 0 aliphatic carbocycles. The summed E-state index contributed by atoms with van der Waals surface area (Å²) < 4.78 is 0. The molecule has 0 fully saturated rings. The first-order chi connectivity index (χ1) is 14.0. The zero-order valence-electron chi connectivity index (χ0n) is 16.8. The Hall–Kier alpha value is -2.61. The van der Waals surface area contributed by atoms with Crippen molar-refractivity contribution in [1.82, 2.24) is 15.1 Å². The van der Waals surface area contributed by atoms with E-state index in [0.717, 1.165) is 24.3 Å². The number of anilines is 1. The van der Waals surface area contributed by atoms with Gasteiger partial charge in [-0.1, -0.05) is 43.7 Å². The monoisotopic (exact) mass is 414 g/mol. The van der Waals surface area contributed by atoms with Gasteiger partial charge < -0.3 is 5.32 Å². The highest BCUT2D eigenvalue weighted by molar-refractivity contribution is 7.15. The van der Waals surface area contributed by atoms with E-state index in [0.29, 0.717) is 48.0 Å². The number of carbonyl (C=O) groups is 3. The van der Waals surface area contributed by atoms with Gasteiger partial charge in [-0.05, 0) is 37.8 Å². The first kappa shape index (κ1) is 21.1. The molecule has 0 unspecified atom stereocenters. The highest BCUT2D eigenvalue weighted by atomic mass is 32.1. The lowest BCUT2D eigenvalue weighted by molar-refractivity contribution is -0.116. The maximum absolute atomic E-state index is 12.3. The van der Waals surface area contributed by atoms with Gasteiger partial charge in [0.05, 0.1) is 11.1 Å². The van der Waals surface area contributed by atoms with Crippen molar-refractivity contribution in [1.29, 1.82) is 0 Å². The van der Waals surface area contributed by atoms with Crippen LogP contribution in [0.3, 0.4) is 0 Å². The Balaban J connectivity index is 1.37. The molecule has 0 radical (unpaired) electrons. The molecule has 154 valence electrons. The van der Waals surface area contributed by atoms with Crippen LogP contribution in [0.5, 0.6) is 0 Å². The highest BCUT2D eigenvalue weighted by Gasteiger charge is 2.34. The summed E-state index contributed by atoms with van der Waals surface area (Å²) in [5.74, 6) is -0.154. The molecule has 3 amide bonds. The molecule has 1 aliphatic rings. The van der Waals surface area contributed by atoms with Gasteiger partial charge in [0.15, 0.2) is 0 Å². The van der Waals surface area contributed by atoms with Gasteiger partial charge in [0.1, 0.15) is 5.01 Å². The predicted molar refractivity (Wildman–Crippen MR) is 112 cm³/mol. The molecule has 8 heteroatoms. The summed E-state index contributed by atoms with van der Waals surface area (Å²) in [6.07, 6.45) is 4.51. The molecule has 1 aliphatic heterocycles. The van der Waals surface area contributed by atoms with Crippen LogP contribution in [0.2, 0.25) is 0 Å². The van der Waals surface area contributed by atoms with Gasteiger partial charge in [0, 0.05) is 18.9 Å². The number of hydrogen-bond acceptors (Lipinski definition) is 6. The largest absolute Gasteiger partial charge is 0.301 e. The summed E-state index contributed by atoms with van der Waals surface area (Å²) in [6, 6.07) is 6.89. The third kappa shape index (κ3) is 4.87. The number of aromatic nitrogens is 2. The fourth-order valence-corrected chi connectivity index (χ4v) is 4.47. The quantitative estimate of drug-likeness (QED) is 0.464. The van der Waals surface area contributed by atoms with Crippen molar-refractivity contribution >= 4 is 34.2 Å². The molecule has 1 N–H and O–H groups in total. The van der Waals surface area contributed by atoms with Gasteiger partial charge in [-0.25, -0.2) is 0 Å². The van der Waals surface area contributed by atoms with Crippen molar-refractivity contribution in [2.45, 2.75) is 58.3 Å². The van der Waals surface area contributed by atoms with Gasteiger partial charge in [-0.2, -0.15) is 0 Å². The molecule has 7 nitrogen and oxygen atoms in total. The molecule has 0 saturated heterocycles. The van der Waals surface area contributed by atoms with E-state index in [2.05, 4.69) is 29.4 Å². The number of carbonyl (C=O) groups excluding carboxylic acids is 3. The minimum absolute atomic E-state index is 0.0852. The third-order valence-electron chi connectivity index (χ3n) is 5.19. The van der Waals surface area contributed by atoms with Crippen LogP contribution < -0.4 is 5.32 Å². The first-order valence-electron chi connectivity index (χ1n) is 10.1. The number of amides is 3. The number of benzene rings is 1. The fourth-order valence-electron chi connectivity index (χ4n) is 3.44. The van der Waals surface area contributed by atoms with Crippen molar-refractivity contribution in [3.8, 4) is 0 Å². The second-order valence-corrected chi connectivity index (χ2v) is 8.13. The Bertz CT molecular complexity index is 857. The van der Waals surface area contributed by atoms with E-state index in [9.17, 15) is 14.4 Å². The normalized spacial score (nSPS) is 13.3. The molecule has 2 heterocycles. The van der Waals surface area contributed by atoms with E-state index >= 15 is 0 Å². The Morgan fingerprint density at radius 2 is 1.69 bits per heavy atom. The van der Waals surface area contributed by atoms with E-state index in [4.69, 9.17) is 0 Å². The fraction of sp³-hybridized carbons (Fsp3) is 0.476. The number of unbranched alkanes of at least 4 members (excludes halogenated alkanes) is 2. The van der Waals surface area contributed by atoms with E-state index in [-0.39, 0.29) is 17.7 Å². The van der Waals surface area contributed by atoms with Crippen molar-refractivity contribution in [3.05, 3.63) is 40.4 Å². The molecule has 0 saturated carbocycles. The number of nitrogens with zero attached hydrogens (tertiary/aromatic N) is 3. The second-order valence-electron chi connectivity index (χ2n) is 7.13. The number of hydrogen-bond donors (Lipinski definition) is 1. The van der Waals surface area contributed by atoms with Crippen LogP contribution in [0.15, 0.2) is 24.3 Å². The molecule has 1 aromatic carbocycles. The summed E-state index contributed by atoms with van der Waals surface area (Å²) in [5, 5.41) is 12.6. The van der Waals surface area contributed by atoms with E-state index < -0.39 is 0 Å². The summed E-state index contributed by atoms with van der Waals surface area (Å²) in [5.41, 5.74) is 0.948. The van der Waals surface area contributed by atoms with Crippen LogP contribution in [0, 0.1) is 0 Å². The summed E-state index contributed by atoms with van der Waals surface area (Å²) >= 11 is 1.44. The highest BCUT2D eigenvalue weighted by Crippen LogP contribution is 2.28. The van der Waals surface area contributed by atoms with Crippen molar-refractivity contribution in [2.75, 3.05) is 11.9 Å². The Morgan fingerprint density at radius 3 is 2.31 bits per heavy atom. The number of nitrogens with one attached hydrogen (secondary N) is 1. The molecule has 2 aromatic rings. The third-order valence-corrected chi connectivity index (χ3v) is 6.19. The Labute approximate surface area is 174 Å². The zero-order valence-corrected chi connectivity index (χ0v) is 17.6. The Morgan fingerprint density at radius 1 is 1.03 bits per heavy atom. The van der Waals surface area contributed by atoms with Crippen LogP contribution in [0.25, 0.3) is 0 Å². The average molecular weight is 415 g/mol. The molecule has 0 bridgehead atoms. The topological polar surface area (TPSA) is 92.3 Å². The summed E-state index contributed by atoms with van der Waals surface area (Å²) in [7, 11) is 0. The number of imide groups is 1. The van der Waals surface area contributed by atoms with E-state index in [1.54, 1.807) is 24.3 Å². The maximum atomic E-state index is 12.3. The predicted octanol–water partition coefficient (Wildman–Crippen LogP) is 4.24. The molecule has 0 atom stereocenters. The minimum Gasteiger partial charge on any atom is -0.301 e. The van der Waals surface area contributed by atoms with Crippen molar-refractivity contribution in [2.24, 2.45) is 0 Å². The second kappa shape index (κ2) is 9.73. The van der Waals surface area contributed by atoms with Crippen LogP contribution >= 0.6 is 11.3 Å². The molecule has 3 rings (SSSR count). The van der Waals surface area contributed by atoms with Gasteiger partial charge in [0.2, 0.25) is 11.0 Å². The van der Waals surface area contributed by atoms with Crippen LogP contribution in [0.4, 0.5) is 5.13 Å². The summed E-state index contributed by atoms with van der Waals surface area (Å²) in [4.78, 5) is 38.0. The lowest BCUT2D eigenvalue weighted by atomic mass is 10.1. The summed E-state index contributed by atoms with van der Waals surface area (Å²) in [6.45, 7) is 4.62. The van der Waals surface area contributed by atoms with Gasteiger partial charge >= 0.3 is 0 Å². The van der Waals surface area contributed by atoms with Crippen LogP contribution in [0.1, 0.15) is 84.0 Å². The lowest BCUT2D eigenvalue weighted by Crippen LogP contribution is -2.30. The smallest absolute Gasteiger partial charge is 0.261 e. The van der Waals surface area contributed by atoms with Crippen LogP contribution in [-0.4, -0.2) is 39.4 Å². The first-order valence-corrected chi connectivity index (χ1v) is 10.9. The van der Waals surface area contributed by atoms with Gasteiger partial charge in [-0.3, -0.25) is 19.3 Å². The van der Waals surface area contributed by atoms with Gasteiger partial charge in [0.25, 0.3) is 11.8 Å². The molecular weight excluding hydrogens is 388 g/mol. The van der Waals surface area contributed by atoms with Crippen molar-refractivity contribution in [3.63, 3.8) is 0 Å². The van der Waals surface area contributed by atoms with E-state index in [1.807, 2.05) is 0 Å². The zero-order chi connectivity index (χ0) is 20.8. The Kier molecular flexibility index (Phi) is 7.09. The van der Waals surface area contributed by atoms with Gasteiger partial charge in [-0.15, -0.1) is 10.2 Å². The molecule has 0 spiro atoms. The molecule has 29 heavy (non-hydrogen) atoms. The molecule has 1 aromatic heterocycles. The molecular formula is C21H26N4O3S. The van der Waals surface area contributed by atoms with E-state index in [1.165, 1.54) is 16.2 Å².